The smallest absolute Gasteiger partial charge is 0.253 e. The number of carbonyl (C=O) groups excluding carboxylic acids is 12. The average molecular weight is 1140 g/mol. The van der Waals surface area contributed by atoms with Crippen molar-refractivity contribution in [2.45, 2.75) is 139 Å². The molecule has 420 valence electrons. The van der Waals surface area contributed by atoms with Crippen LogP contribution in [-0.2, 0) is 64.1 Å². The second-order valence-corrected chi connectivity index (χ2v) is 23.1. The summed E-state index contributed by atoms with van der Waals surface area (Å²) < 4.78 is 0. The summed E-state index contributed by atoms with van der Waals surface area (Å²) in [5.41, 5.74) is 0.878. The molecule has 1 unspecified atom stereocenters. The molecule has 1 aromatic carbocycles. The Hall–Kier alpha value is -5.14. The van der Waals surface area contributed by atoms with Crippen LogP contribution in [-0.4, -0.2) is 153 Å². The molecule has 0 aromatic heterocycles. The molecule has 0 aliphatic carbocycles. The largest absolute Gasteiger partial charge is 0.395 e. The van der Waals surface area contributed by atoms with Crippen molar-refractivity contribution in [2.75, 3.05) is 57.4 Å². The van der Waals surface area contributed by atoms with Crippen molar-refractivity contribution in [3.05, 3.63) is 54.1 Å². The number of nitrogens with zero attached hydrogens (tertiary/aromatic N) is 2. The first-order valence-electron chi connectivity index (χ1n) is 25.6. The molecule has 20 nitrogen and oxygen atoms in total. The fourth-order valence-corrected chi connectivity index (χ4v) is 11.0. The lowest BCUT2D eigenvalue weighted by atomic mass is 10.1. The highest BCUT2D eigenvalue weighted by Crippen LogP contribution is 2.32. The van der Waals surface area contributed by atoms with Gasteiger partial charge in [0.2, 0.25) is 23.6 Å². The van der Waals surface area contributed by atoms with E-state index in [2.05, 4.69) is 21.3 Å². The minimum Gasteiger partial charge on any atom is -0.395 e. The van der Waals surface area contributed by atoms with Crippen molar-refractivity contribution in [2.24, 2.45) is 0 Å². The molecule has 2 aliphatic heterocycles. The molecule has 1 aromatic rings. The van der Waals surface area contributed by atoms with E-state index in [9.17, 15) is 57.5 Å². The predicted molar refractivity (Wildman–Crippen MR) is 294 cm³/mol. The normalized spacial score (nSPS) is 13.1. The standard InChI is InChI=1S/C28H37N3O7S2.C24H37N3O7S2/c32-20-21-8-11-24(12-9-21)40-39-17-5-3-6-22(33)18-30-26(36)13-10-23(34)19-29-25(35)7-2-1-4-16-31-27(37)14-15-28(31)38;1-18(17-28)36-35-15-5-13-25-21(31)10-8-20(30)16-26-22(32)9-7-19(29)6-3-2-4-14-27-23(33)11-12-24(27)34/h8-9,11-12,14-15,32H,1-7,10,13,16-20H2,(H,29,35)(H,30,36);11-12,18,28H,2-10,13-17H2,1H3,(H,25,31)(H,26,32). The van der Waals surface area contributed by atoms with E-state index in [-0.39, 0.29) is 153 Å². The van der Waals surface area contributed by atoms with Crippen LogP contribution >= 0.6 is 43.2 Å². The summed E-state index contributed by atoms with van der Waals surface area (Å²) >= 11 is 0. The molecule has 6 N–H and O–H groups in total. The van der Waals surface area contributed by atoms with E-state index in [1.54, 1.807) is 43.2 Å². The van der Waals surface area contributed by atoms with Crippen molar-refractivity contribution in [3.8, 4) is 0 Å². The molecular formula is C52H74N6O14S4. The lowest BCUT2D eigenvalue weighted by molar-refractivity contribution is -0.138. The van der Waals surface area contributed by atoms with E-state index in [0.29, 0.717) is 71.0 Å². The number of rotatable bonds is 42. The number of benzene rings is 1. The van der Waals surface area contributed by atoms with Crippen molar-refractivity contribution < 1.29 is 67.7 Å². The Morgan fingerprint density at radius 3 is 1.39 bits per heavy atom. The van der Waals surface area contributed by atoms with Gasteiger partial charge in [0.25, 0.3) is 23.6 Å². The van der Waals surface area contributed by atoms with Crippen LogP contribution in [0.4, 0.5) is 0 Å². The second-order valence-electron chi connectivity index (χ2n) is 17.7. The number of carbonyl (C=O) groups is 12. The van der Waals surface area contributed by atoms with Crippen LogP contribution in [0.15, 0.2) is 53.5 Å². The van der Waals surface area contributed by atoms with Gasteiger partial charge in [-0.05, 0) is 62.6 Å². The van der Waals surface area contributed by atoms with Gasteiger partial charge in [-0.25, -0.2) is 0 Å². The summed E-state index contributed by atoms with van der Waals surface area (Å²) in [5.74, 6) is -1.39. The van der Waals surface area contributed by atoms with Gasteiger partial charge < -0.3 is 31.5 Å². The first-order chi connectivity index (χ1) is 36.5. The van der Waals surface area contributed by atoms with E-state index in [0.717, 1.165) is 46.1 Å². The number of imide groups is 2. The van der Waals surface area contributed by atoms with Crippen LogP contribution in [0.5, 0.6) is 0 Å². The maximum atomic E-state index is 12.0. The van der Waals surface area contributed by atoms with Crippen LogP contribution in [0.2, 0.25) is 0 Å². The number of nitrogens with one attached hydrogen (secondary N) is 4. The first kappa shape index (κ1) is 67.0. The molecule has 8 amide bonds. The van der Waals surface area contributed by atoms with Gasteiger partial charge in [-0.1, -0.05) is 75.1 Å². The molecular weight excluding hydrogens is 1060 g/mol. The Morgan fingerprint density at radius 2 is 0.895 bits per heavy atom. The van der Waals surface area contributed by atoms with Gasteiger partial charge in [0.1, 0.15) is 5.78 Å². The monoisotopic (exact) mass is 1130 g/mol. The topological polar surface area (TPSA) is 300 Å². The fourth-order valence-electron chi connectivity index (χ4n) is 6.70. The van der Waals surface area contributed by atoms with Crippen LogP contribution < -0.4 is 21.3 Å². The fraction of sp³-hybridized carbons (Fsp3) is 0.577. The summed E-state index contributed by atoms with van der Waals surface area (Å²) in [5, 5.41) is 28.5. The molecule has 24 heteroatoms. The number of hydrogen-bond acceptors (Lipinski definition) is 18. The van der Waals surface area contributed by atoms with E-state index in [1.807, 2.05) is 31.2 Å². The lowest BCUT2D eigenvalue weighted by Crippen LogP contribution is -2.32. The van der Waals surface area contributed by atoms with Crippen LogP contribution in [0, 0.1) is 0 Å². The third-order valence-corrected chi connectivity index (χ3v) is 16.6. The number of amides is 8. The summed E-state index contributed by atoms with van der Waals surface area (Å²) in [4.78, 5) is 145. The molecule has 0 fully saturated rings. The Kier molecular flexibility index (Phi) is 36.1. The van der Waals surface area contributed by atoms with Crippen LogP contribution in [0.25, 0.3) is 0 Å². The maximum Gasteiger partial charge on any atom is 0.253 e. The third-order valence-electron chi connectivity index (χ3n) is 11.2. The summed E-state index contributed by atoms with van der Waals surface area (Å²) in [6, 6.07) is 7.71. The quantitative estimate of drug-likeness (QED) is 0.0302. The number of unbranched alkanes of at least 4 members (excludes halogenated alkanes) is 5. The van der Waals surface area contributed by atoms with E-state index < -0.39 is 0 Å². The number of aliphatic hydroxyl groups excluding tert-OH is 2. The molecule has 0 spiro atoms. The first-order valence-corrected chi connectivity index (χ1v) is 30.3. The number of ketones is 4. The van der Waals surface area contributed by atoms with Gasteiger partial charge in [0.05, 0.1) is 32.8 Å². The lowest BCUT2D eigenvalue weighted by Gasteiger charge is -2.13. The maximum absolute atomic E-state index is 12.0. The Bertz CT molecular complexity index is 2120. The van der Waals surface area contributed by atoms with Crippen LogP contribution in [0.1, 0.15) is 128 Å². The molecule has 1 atom stereocenters. The zero-order chi connectivity index (χ0) is 55.9. The summed E-state index contributed by atoms with van der Waals surface area (Å²) in [6.45, 7) is 2.90. The Morgan fingerprint density at radius 1 is 0.474 bits per heavy atom. The Labute approximate surface area is 460 Å². The molecule has 0 radical (unpaired) electrons. The molecule has 2 heterocycles. The minimum absolute atomic E-state index is 0.00241. The predicted octanol–water partition coefficient (Wildman–Crippen LogP) is 4.28. The molecule has 0 bridgehead atoms. The highest BCUT2D eigenvalue weighted by molar-refractivity contribution is 8.77. The minimum atomic E-state index is -0.384. The van der Waals surface area contributed by atoms with Gasteiger partial charge >= 0.3 is 0 Å². The van der Waals surface area contributed by atoms with E-state index in [4.69, 9.17) is 10.2 Å². The molecule has 2 aliphatic rings. The highest BCUT2D eigenvalue weighted by atomic mass is 33.1. The zero-order valence-corrected chi connectivity index (χ0v) is 46.6. The zero-order valence-electron chi connectivity index (χ0n) is 43.3. The van der Waals surface area contributed by atoms with E-state index in [1.165, 1.54) is 29.2 Å². The summed E-state index contributed by atoms with van der Waals surface area (Å²) in [6.07, 6.45) is 12.2. The SMILES string of the molecule is CC(CO)SSCCCNC(=O)CCC(=O)CNC(=O)CCC(=O)CCCCCN1C(=O)C=CC1=O.O=C(CCC(=O)NCC(=O)CCCCSSc1ccc(CO)cc1)CNC(=O)CCCCCN1C(=O)C=CC1=O. The number of hydrogen-bond donors (Lipinski definition) is 6. The number of aliphatic hydroxyl groups is 2. The van der Waals surface area contributed by atoms with Crippen LogP contribution in [0.3, 0.4) is 0 Å². The molecule has 76 heavy (non-hydrogen) atoms. The summed E-state index contributed by atoms with van der Waals surface area (Å²) in [7, 11) is 6.61. The molecule has 0 saturated heterocycles. The van der Waals surface area contributed by atoms with Gasteiger partial charge in [-0.3, -0.25) is 67.3 Å². The average Bonchev–Trinajstić information content (AvgIpc) is 3.91. The van der Waals surface area contributed by atoms with Gasteiger partial charge in [0, 0.05) is 123 Å². The highest BCUT2D eigenvalue weighted by Gasteiger charge is 2.23. The Balaban J connectivity index is 0.000000523. The number of Topliss-reactive ketones (excluding diaryl/α,β-unsaturated/α-hetero) is 4. The van der Waals surface area contributed by atoms with Crippen molar-refractivity contribution in [1.29, 1.82) is 0 Å². The van der Waals surface area contributed by atoms with Gasteiger partial charge in [-0.2, -0.15) is 0 Å². The molecule has 0 saturated carbocycles. The third kappa shape index (κ3) is 32.4. The van der Waals surface area contributed by atoms with Gasteiger partial charge in [0.15, 0.2) is 17.3 Å². The molecule has 3 rings (SSSR count). The van der Waals surface area contributed by atoms with Gasteiger partial charge in [-0.15, -0.1) is 0 Å². The van der Waals surface area contributed by atoms with Crippen molar-refractivity contribution in [3.63, 3.8) is 0 Å². The van der Waals surface area contributed by atoms with E-state index >= 15 is 0 Å². The second kappa shape index (κ2) is 41.0. The van der Waals surface area contributed by atoms with Crippen molar-refractivity contribution >= 4 is 114 Å². The van der Waals surface area contributed by atoms with Crippen molar-refractivity contribution in [1.82, 2.24) is 31.1 Å².